The van der Waals surface area contributed by atoms with Crippen LogP contribution in [0.15, 0.2) is 0 Å². The number of amides is 1. The molecular formula is C12H21N3OS. The minimum Gasteiger partial charge on any atom is -0.340 e. The van der Waals surface area contributed by atoms with E-state index >= 15 is 0 Å². The number of hydrogen-bond donors (Lipinski definition) is 1. The number of hydrogen-bond acceptors (Lipinski definition) is 4. The number of likely N-dealkylation sites (N-methyl/N-ethyl adjacent to an activating group) is 1. The molecule has 3 unspecified atom stereocenters. The first kappa shape index (κ1) is 11.8. The van der Waals surface area contributed by atoms with E-state index in [0.29, 0.717) is 18.0 Å². The molecule has 0 aromatic carbocycles. The van der Waals surface area contributed by atoms with Gasteiger partial charge in [-0.15, -0.1) is 11.8 Å². The number of carbonyl (C=O) groups excluding carboxylic acids is 1. The Kier molecular flexibility index (Phi) is 3.32. The Morgan fingerprint density at radius 1 is 1.29 bits per heavy atom. The molecule has 1 amide bonds. The van der Waals surface area contributed by atoms with Crippen molar-refractivity contribution in [2.45, 2.75) is 37.4 Å². The van der Waals surface area contributed by atoms with Gasteiger partial charge in [-0.05, 0) is 26.3 Å². The fraction of sp³-hybridized carbons (Fsp3) is 0.917. The molecule has 3 rings (SSSR count). The molecule has 0 aromatic heterocycles. The summed E-state index contributed by atoms with van der Waals surface area (Å²) in [7, 11) is 2.22. The van der Waals surface area contributed by atoms with Crippen molar-refractivity contribution >= 4 is 17.7 Å². The van der Waals surface area contributed by atoms with Gasteiger partial charge in [-0.25, -0.2) is 0 Å². The van der Waals surface area contributed by atoms with Gasteiger partial charge in [0.2, 0.25) is 5.91 Å². The van der Waals surface area contributed by atoms with Gasteiger partial charge >= 0.3 is 0 Å². The van der Waals surface area contributed by atoms with E-state index in [1.807, 2.05) is 11.8 Å². The van der Waals surface area contributed by atoms with Gasteiger partial charge in [0.05, 0.1) is 6.04 Å². The van der Waals surface area contributed by atoms with Crippen molar-refractivity contribution in [2.24, 2.45) is 0 Å². The lowest BCUT2D eigenvalue weighted by molar-refractivity contribution is -0.133. The Morgan fingerprint density at radius 3 is 2.88 bits per heavy atom. The van der Waals surface area contributed by atoms with E-state index in [4.69, 9.17) is 0 Å². The first-order valence-electron chi connectivity index (χ1n) is 6.57. The van der Waals surface area contributed by atoms with Crippen LogP contribution in [0.3, 0.4) is 0 Å². The van der Waals surface area contributed by atoms with E-state index in [1.165, 1.54) is 12.8 Å². The molecule has 4 nitrogen and oxygen atoms in total. The standard InChI is InChI=1S/C12H21N3OS/c1-14-9-2-3-10(14)6-15(5-4-9)12(16)11-7-17-8-13-11/h9-11,13H,2-8H2,1H3. The van der Waals surface area contributed by atoms with Crippen LogP contribution in [-0.2, 0) is 4.79 Å². The maximum Gasteiger partial charge on any atom is 0.240 e. The minimum atomic E-state index is 0.0712. The first-order valence-corrected chi connectivity index (χ1v) is 7.73. The number of thioether (sulfide) groups is 1. The maximum atomic E-state index is 12.4. The number of fused-ring (bicyclic) bond motifs is 2. The van der Waals surface area contributed by atoms with Gasteiger partial charge in [0.1, 0.15) is 0 Å². The second-order valence-corrected chi connectivity index (χ2v) is 6.43. The van der Waals surface area contributed by atoms with Gasteiger partial charge in [-0.2, -0.15) is 0 Å². The molecule has 0 saturated carbocycles. The van der Waals surface area contributed by atoms with Gasteiger partial charge in [0.25, 0.3) is 0 Å². The summed E-state index contributed by atoms with van der Waals surface area (Å²) in [6.45, 7) is 1.89. The summed E-state index contributed by atoms with van der Waals surface area (Å²) < 4.78 is 0. The molecular weight excluding hydrogens is 234 g/mol. The van der Waals surface area contributed by atoms with Crippen molar-refractivity contribution in [2.75, 3.05) is 31.8 Å². The number of nitrogens with zero attached hydrogens (tertiary/aromatic N) is 2. The summed E-state index contributed by atoms with van der Waals surface area (Å²) in [5.41, 5.74) is 0. The highest BCUT2D eigenvalue weighted by Gasteiger charge is 2.37. The number of rotatable bonds is 1. The number of carbonyl (C=O) groups is 1. The average Bonchev–Trinajstić information content (AvgIpc) is 2.88. The van der Waals surface area contributed by atoms with Crippen LogP contribution in [0, 0.1) is 0 Å². The van der Waals surface area contributed by atoms with Crippen LogP contribution in [0.1, 0.15) is 19.3 Å². The number of nitrogens with one attached hydrogen (secondary N) is 1. The normalized spacial score (nSPS) is 38.4. The second kappa shape index (κ2) is 4.78. The Hall–Kier alpha value is -0.260. The molecule has 1 N–H and O–H groups in total. The summed E-state index contributed by atoms with van der Waals surface area (Å²) in [6, 6.07) is 1.38. The zero-order valence-corrected chi connectivity index (χ0v) is 11.2. The van der Waals surface area contributed by atoms with Crippen LogP contribution in [0.2, 0.25) is 0 Å². The molecule has 2 bridgehead atoms. The van der Waals surface area contributed by atoms with E-state index in [9.17, 15) is 4.79 Å². The lowest BCUT2D eigenvalue weighted by atomic mass is 10.1. The summed E-state index contributed by atoms with van der Waals surface area (Å²) in [5.74, 6) is 2.20. The van der Waals surface area contributed by atoms with Crippen LogP contribution < -0.4 is 5.32 Å². The molecule has 0 radical (unpaired) electrons. The van der Waals surface area contributed by atoms with Crippen LogP contribution in [0.25, 0.3) is 0 Å². The summed E-state index contributed by atoms with van der Waals surface area (Å²) in [5, 5.41) is 3.29. The topological polar surface area (TPSA) is 35.6 Å². The van der Waals surface area contributed by atoms with Crippen LogP contribution in [0.4, 0.5) is 0 Å². The van der Waals surface area contributed by atoms with Gasteiger partial charge in [0.15, 0.2) is 0 Å². The Morgan fingerprint density at radius 2 is 2.12 bits per heavy atom. The molecule has 3 aliphatic heterocycles. The minimum absolute atomic E-state index is 0.0712. The van der Waals surface area contributed by atoms with Crippen molar-refractivity contribution < 1.29 is 4.79 Å². The fourth-order valence-electron chi connectivity index (χ4n) is 3.28. The second-order valence-electron chi connectivity index (χ2n) is 5.40. The Balaban J connectivity index is 1.66. The van der Waals surface area contributed by atoms with Crippen molar-refractivity contribution in [3.05, 3.63) is 0 Å². The monoisotopic (exact) mass is 255 g/mol. The largest absolute Gasteiger partial charge is 0.340 e. The van der Waals surface area contributed by atoms with Crippen LogP contribution >= 0.6 is 11.8 Å². The van der Waals surface area contributed by atoms with Crippen molar-refractivity contribution in [3.8, 4) is 0 Å². The van der Waals surface area contributed by atoms with E-state index in [2.05, 4.69) is 22.2 Å². The maximum absolute atomic E-state index is 12.4. The molecule has 5 heteroatoms. The third-order valence-electron chi connectivity index (χ3n) is 4.47. The average molecular weight is 255 g/mol. The van der Waals surface area contributed by atoms with E-state index in [-0.39, 0.29) is 6.04 Å². The van der Waals surface area contributed by atoms with E-state index in [1.54, 1.807) is 0 Å². The number of likely N-dealkylation sites (tertiary alicyclic amines) is 1. The predicted octanol–water partition coefficient (Wildman–Crippen LogP) is 0.344. The molecule has 0 aromatic rings. The van der Waals surface area contributed by atoms with Crippen LogP contribution in [0.5, 0.6) is 0 Å². The molecule has 3 aliphatic rings. The zero-order valence-electron chi connectivity index (χ0n) is 10.4. The zero-order chi connectivity index (χ0) is 11.8. The third kappa shape index (κ3) is 2.20. The van der Waals surface area contributed by atoms with Crippen molar-refractivity contribution in [1.82, 2.24) is 15.1 Å². The van der Waals surface area contributed by atoms with Crippen molar-refractivity contribution in [3.63, 3.8) is 0 Å². The predicted molar refractivity (Wildman–Crippen MR) is 70.0 cm³/mol. The van der Waals surface area contributed by atoms with E-state index in [0.717, 1.165) is 31.1 Å². The van der Waals surface area contributed by atoms with Gasteiger partial charge in [-0.1, -0.05) is 0 Å². The SMILES string of the molecule is CN1C2CCC1CN(C(=O)C1CSCN1)CC2. The summed E-state index contributed by atoms with van der Waals surface area (Å²) in [6.07, 6.45) is 3.73. The van der Waals surface area contributed by atoms with Gasteiger partial charge in [-0.3, -0.25) is 15.0 Å². The summed E-state index contributed by atoms with van der Waals surface area (Å²) >= 11 is 1.83. The van der Waals surface area contributed by atoms with Crippen LogP contribution in [-0.4, -0.2) is 65.6 Å². The molecule has 3 fully saturated rings. The van der Waals surface area contributed by atoms with E-state index < -0.39 is 0 Å². The molecule has 17 heavy (non-hydrogen) atoms. The molecule has 3 atom stereocenters. The Labute approximate surface area is 107 Å². The highest BCUT2D eigenvalue weighted by Crippen LogP contribution is 2.29. The first-order chi connectivity index (χ1) is 8.25. The summed E-state index contributed by atoms with van der Waals surface area (Å²) in [4.78, 5) is 17.0. The highest BCUT2D eigenvalue weighted by atomic mass is 32.2. The van der Waals surface area contributed by atoms with Gasteiger partial charge in [0, 0.05) is 36.8 Å². The molecule has 0 spiro atoms. The molecule has 3 heterocycles. The fourth-order valence-corrected chi connectivity index (χ4v) is 4.22. The van der Waals surface area contributed by atoms with Crippen molar-refractivity contribution in [1.29, 1.82) is 0 Å². The lowest BCUT2D eigenvalue weighted by Crippen LogP contribution is -2.48. The molecule has 3 saturated heterocycles. The highest BCUT2D eigenvalue weighted by molar-refractivity contribution is 7.99. The Bertz CT molecular complexity index is 306. The third-order valence-corrected chi connectivity index (χ3v) is 5.41. The smallest absolute Gasteiger partial charge is 0.240 e. The lowest BCUT2D eigenvalue weighted by Gasteiger charge is -2.27. The van der Waals surface area contributed by atoms with Gasteiger partial charge < -0.3 is 4.90 Å². The quantitative estimate of drug-likeness (QED) is 0.733. The molecule has 0 aliphatic carbocycles. The molecule has 96 valence electrons.